The Bertz CT molecular complexity index is 138. The van der Waals surface area contributed by atoms with E-state index in [2.05, 4.69) is 30.7 Å². The minimum atomic E-state index is 1.24. The zero-order chi connectivity index (χ0) is 8.53. The van der Waals surface area contributed by atoms with E-state index in [1.165, 1.54) is 31.3 Å². The van der Waals surface area contributed by atoms with Gasteiger partial charge in [0.15, 0.2) is 0 Å². The molecular weight excluding hydrogens is 153 g/mol. The van der Waals surface area contributed by atoms with E-state index in [1.807, 2.05) is 9.39 Å². The molecule has 1 unspecified atom stereocenters. The average Bonchev–Trinajstić information content (AvgIpc) is 2.11. The molecule has 1 atom stereocenters. The van der Waals surface area contributed by atoms with Gasteiger partial charge in [0, 0.05) is 0 Å². The molecule has 0 aromatic carbocycles. The fourth-order valence-electron chi connectivity index (χ4n) is 1.14. The second-order valence-electron chi connectivity index (χ2n) is 2.51. The fourth-order valence-corrected chi connectivity index (χ4v) is 1.14. The topological polar surface area (TPSA) is 26.0 Å². The molecule has 0 aliphatic heterocycles. The zero-order valence-electron chi connectivity index (χ0n) is 7.22. The van der Waals surface area contributed by atoms with Crippen LogP contribution >= 0.6 is 9.39 Å². The number of hydrogen-bond donors (Lipinski definition) is 1. The predicted octanol–water partition coefficient (Wildman–Crippen LogP) is 2.80. The monoisotopic (exact) mass is 171 g/mol. The van der Waals surface area contributed by atoms with Gasteiger partial charge in [0.05, 0.1) is 0 Å². The van der Waals surface area contributed by atoms with Gasteiger partial charge in [0.25, 0.3) is 0 Å². The molecule has 0 aromatic rings. The van der Waals surface area contributed by atoms with E-state index in [-0.39, 0.29) is 0 Å². The van der Waals surface area contributed by atoms with Gasteiger partial charge in [0.2, 0.25) is 0 Å². The van der Waals surface area contributed by atoms with Gasteiger partial charge in [-0.1, -0.05) is 46.5 Å². The van der Waals surface area contributed by atoms with Crippen LogP contribution in [0.15, 0.2) is 23.8 Å². The van der Waals surface area contributed by atoms with E-state index in [0.717, 1.165) is 0 Å². The Morgan fingerprint density at radius 3 is 2.64 bits per heavy atom. The summed E-state index contributed by atoms with van der Waals surface area (Å²) in [4.78, 5) is 0. The average molecular weight is 171 g/mol. The molecule has 0 saturated heterocycles. The lowest BCUT2D eigenvalue weighted by molar-refractivity contribution is 0.894. The van der Waals surface area contributed by atoms with E-state index >= 15 is 0 Å². The highest BCUT2D eigenvalue weighted by atomic mass is 31.0. The van der Waals surface area contributed by atoms with Gasteiger partial charge in [-0.15, -0.1) is 0 Å². The Morgan fingerprint density at radius 2 is 2.18 bits per heavy atom. The molecule has 0 saturated carbocycles. The molecule has 64 valence electrons. The summed E-state index contributed by atoms with van der Waals surface area (Å²) in [6, 6.07) is 0. The van der Waals surface area contributed by atoms with Crippen molar-refractivity contribution in [3.05, 3.63) is 23.8 Å². The third-order valence-electron chi connectivity index (χ3n) is 1.61. The molecule has 2 heteroatoms. The maximum Gasteiger partial charge on any atom is -0.0285 e. The molecular formula is C9H18NP. The fraction of sp³-hybridized carbons (Fsp3) is 0.556. The van der Waals surface area contributed by atoms with Gasteiger partial charge in [-0.05, 0) is 19.3 Å². The van der Waals surface area contributed by atoms with Gasteiger partial charge < -0.3 is 5.50 Å². The van der Waals surface area contributed by atoms with Crippen LogP contribution in [-0.2, 0) is 0 Å². The van der Waals surface area contributed by atoms with Crippen molar-refractivity contribution in [2.45, 2.75) is 32.6 Å². The van der Waals surface area contributed by atoms with E-state index in [1.54, 1.807) is 0 Å². The Morgan fingerprint density at radius 1 is 1.45 bits per heavy atom. The molecule has 0 fully saturated rings. The van der Waals surface area contributed by atoms with Crippen LogP contribution in [0.5, 0.6) is 0 Å². The van der Waals surface area contributed by atoms with Crippen LogP contribution < -0.4 is 5.50 Å². The van der Waals surface area contributed by atoms with Crippen LogP contribution in [0, 0.1) is 0 Å². The van der Waals surface area contributed by atoms with Crippen molar-refractivity contribution in [2.24, 2.45) is 5.50 Å². The molecule has 0 heterocycles. The first-order valence-electron chi connectivity index (χ1n) is 4.12. The van der Waals surface area contributed by atoms with Crippen molar-refractivity contribution in [1.29, 1.82) is 0 Å². The normalized spacial score (nSPS) is 15.0. The third-order valence-corrected chi connectivity index (χ3v) is 1.61. The van der Waals surface area contributed by atoms with Crippen LogP contribution in [0.25, 0.3) is 0 Å². The molecule has 2 N–H and O–H groups in total. The summed E-state index contributed by atoms with van der Waals surface area (Å²) in [5, 5.41) is 0. The molecule has 0 aromatic heterocycles. The lowest BCUT2D eigenvalue weighted by Gasteiger charge is -2.03. The van der Waals surface area contributed by atoms with E-state index in [4.69, 9.17) is 0 Å². The lowest BCUT2D eigenvalue weighted by atomic mass is 10.0. The van der Waals surface area contributed by atoms with E-state index < -0.39 is 0 Å². The molecule has 0 amide bonds. The van der Waals surface area contributed by atoms with Crippen LogP contribution in [-0.4, -0.2) is 0 Å². The number of allylic oxidation sites excluding steroid dienone is 4. The van der Waals surface area contributed by atoms with Crippen LogP contribution in [0.3, 0.4) is 0 Å². The molecule has 11 heavy (non-hydrogen) atoms. The van der Waals surface area contributed by atoms with Gasteiger partial charge in [-0.25, -0.2) is 0 Å². The minimum Gasteiger partial charge on any atom is -0.314 e. The van der Waals surface area contributed by atoms with Crippen molar-refractivity contribution < 1.29 is 0 Å². The number of rotatable bonds is 2. The van der Waals surface area contributed by atoms with Crippen LogP contribution in [0.4, 0.5) is 0 Å². The highest BCUT2D eigenvalue weighted by molar-refractivity contribution is 7.13. The summed E-state index contributed by atoms with van der Waals surface area (Å²) >= 11 is 0. The summed E-state index contributed by atoms with van der Waals surface area (Å²) < 4.78 is 0. The SMILES string of the molecule is CCCC1=CCCC=C1.NP. The maximum absolute atomic E-state index is 4.42. The van der Waals surface area contributed by atoms with Gasteiger partial charge >= 0.3 is 0 Å². The van der Waals surface area contributed by atoms with Crippen molar-refractivity contribution in [3.63, 3.8) is 0 Å². The second kappa shape index (κ2) is 7.97. The van der Waals surface area contributed by atoms with Gasteiger partial charge in [-0.3, -0.25) is 0 Å². The van der Waals surface area contributed by atoms with Gasteiger partial charge in [-0.2, -0.15) is 0 Å². The first-order valence-corrected chi connectivity index (χ1v) is 4.79. The molecule has 1 aliphatic rings. The highest BCUT2D eigenvalue weighted by Gasteiger charge is 1.93. The van der Waals surface area contributed by atoms with E-state index in [9.17, 15) is 0 Å². The first-order chi connectivity index (χ1) is 5.43. The predicted molar refractivity (Wildman–Crippen MR) is 55.3 cm³/mol. The highest BCUT2D eigenvalue weighted by Crippen LogP contribution is 2.13. The van der Waals surface area contributed by atoms with Crippen molar-refractivity contribution in [3.8, 4) is 0 Å². The lowest BCUT2D eigenvalue weighted by Crippen LogP contribution is -1.82. The van der Waals surface area contributed by atoms with Crippen LogP contribution in [0.1, 0.15) is 32.6 Å². The third kappa shape index (κ3) is 5.17. The summed E-state index contributed by atoms with van der Waals surface area (Å²) in [5.74, 6) is 0. The molecule has 0 radical (unpaired) electrons. The Hall–Kier alpha value is -0.130. The smallest absolute Gasteiger partial charge is 0.0285 e. The molecule has 0 spiro atoms. The Labute approximate surface area is 72.0 Å². The Balaban J connectivity index is 0.000000461. The van der Waals surface area contributed by atoms with Gasteiger partial charge in [0.1, 0.15) is 0 Å². The number of nitrogens with two attached hydrogens (primary N) is 1. The molecule has 1 nitrogen and oxygen atoms in total. The molecule has 1 rings (SSSR count). The van der Waals surface area contributed by atoms with Crippen LogP contribution in [0.2, 0.25) is 0 Å². The summed E-state index contributed by atoms with van der Waals surface area (Å²) in [7, 11) is 1.92. The summed E-state index contributed by atoms with van der Waals surface area (Å²) in [6.45, 7) is 2.23. The van der Waals surface area contributed by atoms with Crippen molar-refractivity contribution >= 4 is 9.39 Å². The summed E-state index contributed by atoms with van der Waals surface area (Å²) in [6.07, 6.45) is 11.9. The molecule has 1 aliphatic carbocycles. The Kier molecular flexibility index (Phi) is 7.88. The van der Waals surface area contributed by atoms with Crippen molar-refractivity contribution in [1.82, 2.24) is 0 Å². The first kappa shape index (κ1) is 10.9. The van der Waals surface area contributed by atoms with Crippen molar-refractivity contribution in [2.75, 3.05) is 0 Å². The second-order valence-corrected chi connectivity index (χ2v) is 2.51. The molecule has 0 bridgehead atoms. The quantitative estimate of drug-likeness (QED) is 0.635. The largest absolute Gasteiger partial charge is 0.314 e. The zero-order valence-corrected chi connectivity index (χ0v) is 8.37. The minimum absolute atomic E-state index is 1.24. The van der Waals surface area contributed by atoms with E-state index in [0.29, 0.717) is 0 Å². The maximum atomic E-state index is 4.42. The number of hydrogen-bond acceptors (Lipinski definition) is 1. The summed E-state index contributed by atoms with van der Waals surface area (Å²) in [5.41, 5.74) is 5.95. The standard InChI is InChI=1S/C9H14.H4NP/c1-2-6-9-7-4-3-5-8-9;1-2/h4,7-8H,2-3,5-6H2,1H3;1-2H2.